The first-order valence-electron chi connectivity index (χ1n) is 11.8. The van der Waals surface area contributed by atoms with Crippen molar-refractivity contribution < 1.29 is 14.2 Å². The van der Waals surface area contributed by atoms with E-state index in [0.717, 1.165) is 55.4 Å². The van der Waals surface area contributed by atoms with Gasteiger partial charge >= 0.3 is 0 Å². The molecule has 0 saturated carbocycles. The van der Waals surface area contributed by atoms with Gasteiger partial charge in [0.05, 0.1) is 19.8 Å². The van der Waals surface area contributed by atoms with Crippen LogP contribution in [0.2, 0.25) is 0 Å². The van der Waals surface area contributed by atoms with Crippen molar-refractivity contribution in [2.45, 2.75) is 26.0 Å². The van der Waals surface area contributed by atoms with Gasteiger partial charge in [-0.25, -0.2) is 0 Å². The highest BCUT2D eigenvalue weighted by molar-refractivity contribution is 5.48. The Labute approximate surface area is 197 Å². The predicted molar refractivity (Wildman–Crippen MR) is 132 cm³/mol. The number of nitrogens with one attached hydrogen (secondary N) is 1. The lowest BCUT2D eigenvalue weighted by Crippen LogP contribution is -2.33. The standard InChI is InChI=1S/C28H34N2O3/c1-3-32-27-20-23(14-15-26(27)33-21-22-10-5-4-6-11-22)28(30-18-9-16-29-17-19-30)24-12-7-8-13-25(24)31-2/h4-8,10-15,20,28-29H,3,9,16-19,21H2,1-2H3. The second-order valence-corrected chi connectivity index (χ2v) is 8.20. The first-order valence-corrected chi connectivity index (χ1v) is 11.8. The van der Waals surface area contributed by atoms with Crippen LogP contribution < -0.4 is 19.5 Å². The lowest BCUT2D eigenvalue weighted by molar-refractivity contribution is 0.234. The van der Waals surface area contributed by atoms with Gasteiger partial charge in [0.25, 0.3) is 0 Å². The highest BCUT2D eigenvalue weighted by atomic mass is 16.5. The van der Waals surface area contributed by atoms with E-state index in [9.17, 15) is 0 Å². The molecule has 4 rings (SSSR count). The second-order valence-electron chi connectivity index (χ2n) is 8.20. The summed E-state index contributed by atoms with van der Waals surface area (Å²) in [7, 11) is 1.74. The molecular formula is C28H34N2O3. The van der Waals surface area contributed by atoms with E-state index in [4.69, 9.17) is 14.2 Å². The molecule has 0 aromatic heterocycles. The zero-order chi connectivity index (χ0) is 22.9. The molecule has 1 N–H and O–H groups in total. The number of benzene rings is 3. The quantitative estimate of drug-likeness (QED) is 0.498. The zero-order valence-corrected chi connectivity index (χ0v) is 19.6. The molecule has 5 nitrogen and oxygen atoms in total. The molecular weight excluding hydrogens is 412 g/mol. The Morgan fingerprint density at radius 1 is 0.848 bits per heavy atom. The largest absolute Gasteiger partial charge is 0.496 e. The van der Waals surface area contributed by atoms with Gasteiger partial charge in [0.15, 0.2) is 11.5 Å². The van der Waals surface area contributed by atoms with Crippen LogP contribution in [-0.4, -0.2) is 44.8 Å². The van der Waals surface area contributed by atoms with Crippen molar-refractivity contribution in [3.8, 4) is 17.2 Å². The Bertz CT molecular complexity index is 1000. The molecule has 0 radical (unpaired) electrons. The molecule has 5 heteroatoms. The van der Waals surface area contributed by atoms with E-state index in [1.807, 2.05) is 43.3 Å². The fraction of sp³-hybridized carbons (Fsp3) is 0.357. The van der Waals surface area contributed by atoms with E-state index in [1.165, 1.54) is 11.1 Å². The molecule has 1 aliphatic rings. The Kier molecular flexibility index (Phi) is 8.23. The van der Waals surface area contributed by atoms with Gasteiger partial charge < -0.3 is 19.5 Å². The molecule has 1 fully saturated rings. The number of methoxy groups -OCH3 is 1. The van der Waals surface area contributed by atoms with Gasteiger partial charge in [0.1, 0.15) is 12.4 Å². The minimum absolute atomic E-state index is 0.0726. The van der Waals surface area contributed by atoms with Crippen molar-refractivity contribution in [3.63, 3.8) is 0 Å². The summed E-state index contributed by atoms with van der Waals surface area (Å²) in [5.74, 6) is 2.45. The topological polar surface area (TPSA) is 43.0 Å². The third kappa shape index (κ3) is 5.86. The van der Waals surface area contributed by atoms with E-state index in [-0.39, 0.29) is 6.04 Å². The molecule has 1 aliphatic heterocycles. The van der Waals surface area contributed by atoms with Crippen LogP contribution in [-0.2, 0) is 6.61 Å². The molecule has 1 heterocycles. The molecule has 1 unspecified atom stereocenters. The summed E-state index contributed by atoms with van der Waals surface area (Å²) < 4.78 is 17.9. The number of para-hydroxylation sites is 1. The smallest absolute Gasteiger partial charge is 0.161 e. The van der Waals surface area contributed by atoms with Crippen LogP contribution in [0.25, 0.3) is 0 Å². The average molecular weight is 447 g/mol. The number of nitrogens with zero attached hydrogens (tertiary/aromatic N) is 1. The van der Waals surface area contributed by atoms with Gasteiger partial charge in [-0.15, -0.1) is 0 Å². The van der Waals surface area contributed by atoms with Crippen molar-refractivity contribution in [1.29, 1.82) is 0 Å². The summed E-state index contributed by atoms with van der Waals surface area (Å²) in [6, 6.07) is 24.9. The molecule has 1 atom stereocenters. The maximum atomic E-state index is 6.15. The predicted octanol–water partition coefficient (Wildman–Crippen LogP) is 5.06. The van der Waals surface area contributed by atoms with Crippen LogP contribution in [0, 0.1) is 0 Å². The first kappa shape index (κ1) is 23.1. The third-order valence-electron chi connectivity index (χ3n) is 5.99. The Morgan fingerprint density at radius 3 is 2.48 bits per heavy atom. The van der Waals surface area contributed by atoms with Gasteiger partial charge in [0.2, 0.25) is 0 Å². The second kappa shape index (κ2) is 11.7. The van der Waals surface area contributed by atoms with Crippen LogP contribution in [0.15, 0.2) is 72.8 Å². The van der Waals surface area contributed by atoms with Gasteiger partial charge in [-0.2, -0.15) is 0 Å². The van der Waals surface area contributed by atoms with Crippen LogP contribution in [0.5, 0.6) is 17.2 Å². The van der Waals surface area contributed by atoms with Gasteiger partial charge in [-0.3, -0.25) is 4.90 Å². The molecule has 3 aromatic carbocycles. The van der Waals surface area contributed by atoms with Crippen LogP contribution in [0.4, 0.5) is 0 Å². The molecule has 3 aromatic rings. The SMILES string of the molecule is CCOc1cc(C(c2ccccc2OC)N2CCCNCC2)ccc1OCc1ccccc1. The van der Waals surface area contributed by atoms with Crippen LogP contribution in [0.1, 0.15) is 36.1 Å². The first-order chi connectivity index (χ1) is 16.3. The molecule has 0 amide bonds. The Balaban J connectivity index is 1.68. The summed E-state index contributed by atoms with van der Waals surface area (Å²) in [5, 5.41) is 3.52. The summed E-state index contributed by atoms with van der Waals surface area (Å²) in [5.41, 5.74) is 3.48. The van der Waals surface area contributed by atoms with Gasteiger partial charge in [-0.05, 0) is 49.2 Å². The normalized spacial score (nSPS) is 15.5. The van der Waals surface area contributed by atoms with Crippen LogP contribution in [0.3, 0.4) is 0 Å². The van der Waals surface area contributed by atoms with Crippen molar-refractivity contribution in [3.05, 3.63) is 89.5 Å². The molecule has 33 heavy (non-hydrogen) atoms. The van der Waals surface area contributed by atoms with E-state index < -0.39 is 0 Å². The molecule has 0 aliphatic carbocycles. The molecule has 0 bridgehead atoms. The molecule has 174 valence electrons. The van der Waals surface area contributed by atoms with Crippen molar-refractivity contribution >= 4 is 0 Å². The van der Waals surface area contributed by atoms with Crippen molar-refractivity contribution in [2.75, 3.05) is 39.9 Å². The highest BCUT2D eigenvalue weighted by Crippen LogP contribution is 2.39. The van der Waals surface area contributed by atoms with E-state index in [2.05, 4.69) is 46.6 Å². The number of hydrogen-bond acceptors (Lipinski definition) is 5. The summed E-state index contributed by atoms with van der Waals surface area (Å²) >= 11 is 0. The lowest BCUT2D eigenvalue weighted by atomic mass is 9.95. The van der Waals surface area contributed by atoms with E-state index >= 15 is 0 Å². The maximum Gasteiger partial charge on any atom is 0.161 e. The zero-order valence-electron chi connectivity index (χ0n) is 19.6. The monoisotopic (exact) mass is 446 g/mol. The molecule has 0 spiro atoms. The van der Waals surface area contributed by atoms with E-state index in [1.54, 1.807) is 7.11 Å². The highest BCUT2D eigenvalue weighted by Gasteiger charge is 2.27. The summed E-state index contributed by atoms with van der Waals surface area (Å²) in [6.45, 7) is 7.11. The Hall–Kier alpha value is -3.02. The Morgan fingerprint density at radius 2 is 1.67 bits per heavy atom. The lowest BCUT2D eigenvalue weighted by Gasteiger charge is -2.32. The fourth-order valence-electron chi connectivity index (χ4n) is 4.42. The van der Waals surface area contributed by atoms with Gasteiger partial charge in [0, 0.05) is 25.2 Å². The van der Waals surface area contributed by atoms with E-state index in [0.29, 0.717) is 13.2 Å². The number of ether oxygens (including phenoxy) is 3. The van der Waals surface area contributed by atoms with Crippen LogP contribution >= 0.6 is 0 Å². The maximum absolute atomic E-state index is 6.15. The third-order valence-corrected chi connectivity index (χ3v) is 5.99. The minimum atomic E-state index is 0.0726. The minimum Gasteiger partial charge on any atom is -0.496 e. The van der Waals surface area contributed by atoms with Crippen molar-refractivity contribution in [2.24, 2.45) is 0 Å². The fourth-order valence-corrected chi connectivity index (χ4v) is 4.42. The van der Waals surface area contributed by atoms with Gasteiger partial charge in [-0.1, -0.05) is 54.6 Å². The van der Waals surface area contributed by atoms with Crippen molar-refractivity contribution in [1.82, 2.24) is 10.2 Å². The summed E-state index contributed by atoms with van der Waals surface area (Å²) in [4.78, 5) is 2.54. The average Bonchev–Trinajstić information content (AvgIpc) is 3.14. The number of rotatable bonds is 9. The summed E-state index contributed by atoms with van der Waals surface area (Å²) in [6.07, 6.45) is 1.11. The number of hydrogen-bond donors (Lipinski definition) is 1. The molecule has 1 saturated heterocycles.